The molecule has 0 aliphatic carbocycles. The van der Waals surface area contributed by atoms with E-state index in [1.54, 1.807) is 53.2 Å². The van der Waals surface area contributed by atoms with Crippen molar-refractivity contribution >= 4 is 56.6 Å². The first-order valence-corrected chi connectivity index (χ1v) is 11.8. The average Bonchev–Trinajstić information content (AvgIpc) is 3.42. The van der Waals surface area contributed by atoms with E-state index in [1.807, 2.05) is 37.3 Å². The smallest absolute Gasteiger partial charge is 0.323 e. The third kappa shape index (κ3) is 3.88. The minimum atomic E-state index is -0.949. The molecule has 0 saturated heterocycles. The van der Waals surface area contributed by atoms with Gasteiger partial charge in [-0.05, 0) is 49.4 Å². The third-order valence-corrected chi connectivity index (χ3v) is 6.56. The summed E-state index contributed by atoms with van der Waals surface area (Å²) >= 11 is 6.15. The Hall–Kier alpha value is -4.69. The van der Waals surface area contributed by atoms with Crippen LogP contribution >= 0.6 is 11.6 Å². The fraction of sp³-hybridized carbons (Fsp3) is 0.0714. The molecule has 0 aliphatic rings. The SMILES string of the molecule is Cc1c(C=Nn2c(-c3cc4cc(Cl)ccc4o3)nc3ccccc3c2=O)c2ccccc2n1CC(=O)O. The number of hydrogen-bond acceptors (Lipinski definition) is 5. The van der Waals surface area contributed by atoms with Gasteiger partial charge in [-0.25, -0.2) is 4.98 Å². The van der Waals surface area contributed by atoms with Gasteiger partial charge in [-0.2, -0.15) is 9.78 Å². The number of halogens is 1. The molecule has 0 bridgehead atoms. The summed E-state index contributed by atoms with van der Waals surface area (Å²) in [5, 5.41) is 16.6. The van der Waals surface area contributed by atoms with Gasteiger partial charge in [-0.3, -0.25) is 9.59 Å². The maximum absolute atomic E-state index is 13.6. The van der Waals surface area contributed by atoms with E-state index in [9.17, 15) is 14.7 Å². The van der Waals surface area contributed by atoms with Crippen molar-refractivity contribution in [2.24, 2.45) is 5.10 Å². The van der Waals surface area contributed by atoms with E-state index in [0.29, 0.717) is 38.5 Å². The van der Waals surface area contributed by atoms with Crippen molar-refractivity contribution in [3.63, 3.8) is 0 Å². The topological polar surface area (TPSA) is 103 Å². The van der Waals surface area contributed by atoms with Crippen molar-refractivity contribution in [3.8, 4) is 11.6 Å². The Morgan fingerprint density at radius 2 is 1.84 bits per heavy atom. The van der Waals surface area contributed by atoms with Gasteiger partial charge in [0, 0.05) is 32.6 Å². The highest BCUT2D eigenvalue weighted by molar-refractivity contribution is 6.31. The molecule has 0 unspecified atom stereocenters. The second-order valence-electron chi connectivity index (χ2n) is 8.60. The van der Waals surface area contributed by atoms with Gasteiger partial charge in [-0.15, -0.1) is 0 Å². The Balaban J connectivity index is 1.58. The lowest BCUT2D eigenvalue weighted by Crippen LogP contribution is -2.20. The van der Waals surface area contributed by atoms with Gasteiger partial charge in [0.15, 0.2) is 5.76 Å². The Bertz CT molecular complexity index is 1950. The highest BCUT2D eigenvalue weighted by Crippen LogP contribution is 2.29. The molecule has 6 aromatic rings. The van der Waals surface area contributed by atoms with E-state index in [4.69, 9.17) is 21.0 Å². The maximum Gasteiger partial charge on any atom is 0.323 e. The van der Waals surface area contributed by atoms with Crippen LogP contribution in [0.5, 0.6) is 0 Å². The second-order valence-corrected chi connectivity index (χ2v) is 9.04. The van der Waals surface area contributed by atoms with Crippen molar-refractivity contribution in [1.82, 2.24) is 14.2 Å². The van der Waals surface area contributed by atoms with E-state index in [-0.39, 0.29) is 17.9 Å². The number of benzene rings is 3. The minimum absolute atomic E-state index is 0.190. The number of hydrogen-bond donors (Lipinski definition) is 1. The molecule has 9 heteroatoms. The van der Waals surface area contributed by atoms with Gasteiger partial charge < -0.3 is 14.1 Å². The quantitative estimate of drug-likeness (QED) is 0.300. The zero-order chi connectivity index (χ0) is 25.7. The zero-order valence-electron chi connectivity index (χ0n) is 19.6. The molecule has 182 valence electrons. The van der Waals surface area contributed by atoms with Crippen LogP contribution < -0.4 is 5.56 Å². The number of rotatable bonds is 5. The number of furan rings is 1. The molecule has 0 amide bonds. The highest BCUT2D eigenvalue weighted by atomic mass is 35.5. The van der Waals surface area contributed by atoms with Crippen molar-refractivity contribution in [2.75, 3.05) is 0 Å². The van der Waals surface area contributed by atoms with E-state index < -0.39 is 5.97 Å². The molecule has 3 aromatic heterocycles. The van der Waals surface area contributed by atoms with Crippen LogP contribution in [0.3, 0.4) is 0 Å². The summed E-state index contributed by atoms with van der Waals surface area (Å²) in [6.45, 7) is 1.64. The van der Waals surface area contributed by atoms with Crippen LogP contribution in [-0.2, 0) is 11.3 Å². The monoisotopic (exact) mass is 510 g/mol. The Labute approximate surface area is 214 Å². The summed E-state index contributed by atoms with van der Waals surface area (Å²) in [5.41, 5.74) is 2.95. The van der Waals surface area contributed by atoms with Crippen LogP contribution in [0.15, 0.2) is 87.1 Å². The molecule has 0 radical (unpaired) electrons. The van der Waals surface area contributed by atoms with Crippen molar-refractivity contribution in [1.29, 1.82) is 0 Å². The van der Waals surface area contributed by atoms with Crippen LogP contribution in [-0.4, -0.2) is 31.5 Å². The molecule has 37 heavy (non-hydrogen) atoms. The van der Waals surface area contributed by atoms with Crippen molar-refractivity contribution in [3.05, 3.63) is 99.4 Å². The summed E-state index contributed by atoms with van der Waals surface area (Å²) in [6, 6.07) is 21.6. The molecule has 1 N–H and O–H groups in total. The first-order chi connectivity index (χ1) is 17.9. The lowest BCUT2D eigenvalue weighted by molar-refractivity contribution is -0.137. The lowest BCUT2D eigenvalue weighted by Gasteiger charge is -2.07. The predicted octanol–water partition coefficient (Wildman–Crippen LogP) is 5.69. The number of aromatic nitrogens is 3. The van der Waals surface area contributed by atoms with Gasteiger partial charge in [0.25, 0.3) is 5.56 Å². The fourth-order valence-electron chi connectivity index (χ4n) is 4.59. The van der Waals surface area contributed by atoms with E-state index in [0.717, 1.165) is 16.3 Å². The molecule has 0 atom stereocenters. The van der Waals surface area contributed by atoms with Gasteiger partial charge >= 0.3 is 5.97 Å². The molecule has 0 aliphatic heterocycles. The minimum Gasteiger partial charge on any atom is -0.480 e. The molecular weight excluding hydrogens is 492 g/mol. The highest BCUT2D eigenvalue weighted by Gasteiger charge is 2.18. The molecule has 0 spiro atoms. The zero-order valence-corrected chi connectivity index (χ0v) is 20.3. The number of carbonyl (C=O) groups is 1. The summed E-state index contributed by atoms with van der Waals surface area (Å²) < 4.78 is 8.95. The van der Waals surface area contributed by atoms with Gasteiger partial charge in [0.05, 0.1) is 17.1 Å². The van der Waals surface area contributed by atoms with Gasteiger partial charge in [0.2, 0.25) is 5.82 Å². The van der Waals surface area contributed by atoms with Crippen LogP contribution in [0.2, 0.25) is 5.02 Å². The van der Waals surface area contributed by atoms with Crippen LogP contribution in [0.1, 0.15) is 11.3 Å². The normalized spacial score (nSPS) is 11.8. The number of aliphatic carboxylic acids is 1. The fourth-order valence-corrected chi connectivity index (χ4v) is 4.77. The Kier molecular flexibility index (Phi) is 5.39. The average molecular weight is 511 g/mol. The second kappa shape index (κ2) is 8.76. The summed E-state index contributed by atoms with van der Waals surface area (Å²) in [4.78, 5) is 29.8. The summed E-state index contributed by atoms with van der Waals surface area (Å²) in [5.74, 6) is -0.351. The number of carboxylic acid groups (broad SMARTS) is 1. The van der Waals surface area contributed by atoms with Gasteiger partial charge in [0.1, 0.15) is 12.1 Å². The van der Waals surface area contributed by atoms with Crippen molar-refractivity contribution < 1.29 is 14.3 Å². The van der Waals surface area contributed by atoms with E-state index in [1.165, 1.54) is 4.68 Å². The van der Waals surface area contributed by atoms with E-state index >= 15 is 0 Å². The maximum atomic E-state index is 13.6. The lowest BCUT2D eigenvalue weighted by atomic mass is 10.1. The first-order valence-electron chi connectivity index (χ1n) is 11.5. The van der Waals surface area contributed by atoms with Crippen LogP contribution in [0, 0.1) is 6.92 Å². The summed E-state index contributed by atoms with van der Waals surface area (Å²) in [7, 11) is 0. The molecule has 8 nitrogen and oxygen atoms in total. The summed E-state index contributed by atoms with van der Waals surface area (Å²) in [6.07, 6.45) is 1.57. The largest absolute Gasteiger partial charge is 0.480 e. The number of carboxylic acids is 1. The van der Waals surface area contributed by atoms with E-state index in [2.05, 4.69) is 5.10 Å². The number of nitrogens with zero attached hydrogens (tertiary/aromatic N) is 4. The predicted molar refractivity (Wildman–Crippen MR) is 144 cm³/mol. The van der Waals surface area contributed by atoms with Gasteiger partial charge in [-0.1, -0.05) is 41.9 Å². The molecule has 0 saturated carbocycles. The number of fused-ring (bicyclic) bond motifs is 3. The molecule has 6 rings (SSSR count). The molecule has 3 aromatic carbocycles. The molecular formula is C28H19ClN4O4. The molecule has 3 heterocycles. The number of para-hydroxylation sites is 2. The Morgan fingerprint density at radius 1 is 1.08 bits per heavy atom. The third-order valence-electron chi connectivity index (χ3n) is 6.33. The first kappa shape index (κ1) is 22.8. The van der Waals surface area contributed by atoms with Crippen molar-refractivity contribution in [2.45, 2.75) is 13.5 Å². The Morgan fingerprint density at radius 3 is 2.65 bits per heavy atom. The standard InChI is InChI=1S/C28H19ClN4O4/c1-16-21(19-6-3-5-9-23(19)32(16)15-26(34)35)14-30-33-27(31-22-8-4-2-7-20(22)28(33)36)25-13-17-12-18(29)10-11-24(17)37-25/h2-14H,15H2,1H3,(H,34,35). The van der Waals surface area contributed by atoms with Crippen LogP contribution in [0.4, 0.5) is 0 Å². The molecule has 0 fully saturated rings. The van der Waals surface area contributed by atoms with Crippen LogP contribution in [0.25, 0.3) is 44.4 Å².